The third-order valence-electron chi connectivity index (χ3n) is 4.62. The number of hydrogen-bond donors (Lipinski definition) is 1. The second-order valence-electron chi connectivity index (χ2n) is 6.57. The summed E-state index contributed by atoms with van der Waals surface area (Å²) in [6.45, 7) is 0.535. The lowest BCUT2D eigenvalue weighted by atomic mass is 10.1. The van der Waals surface area contributed by atoms with Crippen LogP contribution in [0, 0.1) is 5.92 Å². The first-order valence-corrected chi connectivity index (χ1v) is 9.58. The molecule has 5 nitrogen and oxygen atoms in total. The Balaban J connectivity index is 1.37. The molecule has 0 radical (unpaired) electrons. The van der Waals surface area contributed by atoms with Gasteiger partial charge in [0.05, 0.1) is 5.92 Å². The van der Waals surface area contributed by atoms with Gasteiger partial charge in [-0.1, -0.05) is 29.8 Å². The standard InChI is InChI=1S/C18H18ClN3O2S/c19-15-4-2-1-3-11(15)7-14-9-20-18(25-14)21-17(24)12-8-16(23)22(10-12)13-5-6-13/h1-4,9,12-13H,5-8,10H2,(H,20,21,24). The highest BCUT2D eigenvalue weighted by atomic mass is 35.5. The van der Waals surface area contributed by atoms with Gasteiger partial charge in [-0.3, -0.25) is 9.59 Å². The number of benzene rings is 1. The summed E-state index contributed by atoms with van der Waals surface area (Å²) in [7, 11) is 0. The van der Waals surface area contributed by atoms with Crippen molar-refractivity contribution in [2.45, 2.75) is 31.7 Å². The van der Waals surface area contributed by atoms with Crippen molar-refractivity contribution in [1.82, 2.24) is 9.88 Å². The van der Waals surface area contributed by atoms with Gasteiger partial charge in [-0.25, -0.2) is 4.98 Å². The monoisotopic (exact) mass is 375 g/mol. The topological polar surface area (TPSA) is 62.3 Å². The van der Waals surface area contributed by atoms with Crippen LogP contribution in [0.25, 0.3) is 0 Å². The number of aromatic nitrogens is 1. The zero-order valence-electron chi connectivity index (χ0n) is 13.6. The molecule has 2 heterocycles. The maximum absolute atomic E-state index is 12.4. The van der Waals surface area contributed by atoms with E-state index in [1.54, 1.807) is 6.20 Å². The lowest BCUT2D eigenvalue weighted by molar-refractivity contribution is -0.128. The van der Waals surface area contributed by atoms with Crippen LogP contribution in [-0.2, 0) is 16.0 Å². The van der Waals surface area contributed by atoms with E-state index in [4.69, 9.17) is 11.6 Å². The van der Waals surface area contributed by atoms with E-state index >= 15 is 0 Å². The zero-order chi connectivity index (χ0) is 17.4. The highest BCUT2D eigenvalue weighted by molar-refractivity contribution is 7.15. The number of nitrogens with one attached hydrogen (secondary N) is 1. The number of carbonyl (C=O) groups is 2. The van der Waals surface area contributed by atoms with E-state index in [-0.39, 0.29) is 17.7 Å². The molecular weight excluding hydrogens is 358 g/mol. The van der Waals surface area contributed by atoms with Gasteiger partial charge in [0.15, 0.2) is 5.13 Å². The van der Waals surface area contributed by atoms with Crippen LogP contribution >= 0.6 is 22.9 Å². The van der Waals surface area contributed by atoms with E-state index < -0.39 is 0 Å². The molecule has 7 heteroatoms. The van der Waals surface area contributed by atoms with Gasteiger partial charge in [-0.05, 0) is 24.5 Å². The molecule has 2 fully saturated rings. The van der Waals surface area contributed by atoms with Gasteiger partial charge in [-0.15, -0.1) is 11.3 Å². The van der Waals surface area contributed by atoms with Crippen LogP contribution in [0.5, 0.6) is 0 Å². The minimum absolute atomic E-state index is 0.0983. The Hall–Kier alpha value is -1.92. The van der Waals surface area contributed by atoms with E-state index in [2.05, 4.69) is 10.3 Å². The van der Waals surface area contributed by atoms with Gasteiger partial charge in [0, 0.05) is 41.5 Å². The van der Waals surface area contributed by atoms with Crippen molar-refractivity contribution in [2.75, 3.05) is 11.9 Å². The van der Waals surface area contributed by atoms with Gasteiger partial charge in [0.1, 0.15) is 0 Å². The number of thiazole rings is 1. The van der Waals surface area contributed by atoms with E-state index in [0.29, 0.717) is 30.6 Å². The average Bonchev–Trinajstić information content (AvgIpc) is 3.22. The Labute approximate surface area is 155 Å². The second kappa shape index (κ2) is 6.77. The van der Waals surface area contributed by atoms with Crippen LogP contribution in [-0.4, -0.2) is 34.3 Å². The predicted molar refractivity (Wildman–Crippen MR) is 97.8 cm³/mol. The van der Waals surface area contributed by atoms with Crippen molar-refractivity contribution in [3.8, 4) is 0 Å². The first kappa shape index (κ1) is 16.5. The Morgan fingerprint density at radius 1 is 1.36 bits per heavy atom. The molecule has 1 unspecified atom stereocenters. The van der Waals surface area contributed by atoms with Crippen molar-refractivity contribution in [3.63, 3.8) is 0 Å². The Morgan fingerprint density at radius 3 is 2.92 bits per heavy atom. The molecule has 1 N–H and O–H groups in total. The SMILES string of the molecule is O=C(Nc1ncc(Cc2ccccc2Cl)s1)C1CC(=O)N(C2CC2)C1. The van der Waals surface area contributed by atoms with Crippen molar-refractivity contribution in [1.29, 1.82) is 0 Å². The van der Waals surface area contributed by atoms with Crippen LogP contribution in [0.4, 0.5) is 5.13 Å². The van der Waals surface area contributed by atoms with Gasteiger partial charge in [0.2, 0.25) is 11.8 Å². The molecule has 0 bridgehead atoms. The van der Waals surface area contributed by atoms with Gasteiger partial charge < -0.3 is 10.2 Å². The summed E-state index contributed by atoms with van der Waals surface area (Å²) in [5.41, 5.74) is 1.03. The number of carbonyl (C=O) groups excluding carboxylic acids is 2. The molecule has 1 aliphatic carbocycles. The first-order valence-electron chi connectivity index (χ1n) is 8.38. The molecule has 25 heavy (non-hydrogen) atoms. The molecule has 2 aromatic rings. The largest absolute Gasteiger partial charge is 0.339 e. The van der Waals surface area contributed by atoms with Crippen LogP contribution in [0.3, 0.4) is 0 Å². The Kier molecular flexibility index (Phi) is 4.48. The summed E-state index contributed by atoms with van der Waals surface area (Å²) in [6, 6.07) is 8.07. The fraction of sp³-hybridized carbons (Fsp3) is 0.389. The smallest absolute Gasteiger partial charge is 0.231 e. The molecule has 4 rings (SSSR count). The summed E-state index contributed by atoms with van der Waals surface area (Å²) >= 11 is 7.63. The summed E-state index contributed by atoms with van der Waals surface area (Å²) in [5.74, 6) is -0.291. The highest BCUT2D eigenvalue weighted by Gasteiger charge is 2.41. The third kappa shape index (κ3) is 3.70. The van der Waals surface area contributed by atoms with E-state index in [1.807, 2.05) is 29.2 Å². The minimum atomic E-state index is -0.274. The molecule has 1 aromatic heterocycles. The number of halogens is 1. The molecule has 1 aromatic carbocycles. The van der Waals surface area contributed by atoms with Crippen molar-refractivity contribution < 1.29 is 9.59 Å². The van der Waals surface area contributed by atoms with Crippen molar-refractivity contribution in [3.05, 3.63) is 45.9 Å². The number of rotatable bonds is 5. The van der Waals surface area contributed by atoms with Crippen LogP contribution < -0.4 is 5.32 Å². The average molecular weight is 376 g/mol. The van der Waals surface area contributed by atoms with Gasteiger partial charge >= 0.3 is 0 Å². The van der Waals surface area contributed by atoms with E-state index in [9.17, 15) is 9.59 Å². The lowest BCUT2D eigenvalue weighted by Crippen LogP contribution is -2.29. The molecule has 2 aliphatic rings. The third-order valence-corrected chi connectivity index (χ3v) is 5.90. The molecular formula is C18H18ClN3O2S. The van der Waals surface area contributed by atoms with Crippen LogP contribution in [0.15, 0.2) is 30.5 Å². The lowest BCUT2D eigenvalue weighted by Gasteiger charge is -2.14. The number of anilines is 1. The van der Waals surface area contributed by atoms with Crippen molar-refractivity contribution in [2.24, 2.45) is 5.92 Å². The maximum Gasteiger partial charge on any atom is 0.231 e. The van der Waals surface area contributed by atoms with E-state index in [0.717, 1.165) is 28.3 Å². The quantitative estimate of drug-likeness (QED) is 0.871. The van der Waals surface area contributed by atoms with Crippen molar-refractivity contribution >= 4 is 39.9 Å². The molecule has 0 spiro atoms. The molecule has 130 valence electrons. The first-order chi connectivity index (χ1) is 12.1. The maximum atomic E-state index is 12.4. The Morgan fingerprint density at radius 2 is 2.16 bits per heavy atom. The highest BCUT2D eigenvalue weighted by Crippen LogP contribution is 2.33. The number of nitrogens with zero attached hydrogens (tertiary/aromatic N) is 2. The van der Waals surface area contributed by atoms with Gasteiger partial charge in [-0.2, -0.15) is 0 Å². The minimum Gasteiger partial charge on any atom is -0.339 e. The predicted octanol–water partition coefficient (Wildman–Crippen LogP) is 3.34. The molecule has 1 aliphatic heterocycles. The molecule has 2 amide bonds. The van der Waals surface area contributed by atoms with Crippen LogP contribution in [0.2, 0.25) is 5.02 Å². The fourth-order valence-electron chi connectivity index (χ4n) is 3.13. The summed E-state index contributed by atoms with van der Waals surface area (Å²) in [5, 5.41) is 4.16. The number of hydrogen-bond acceptors (Lipinski definition) is 4. The number of likely N-dealkylation sites (tertiary alicyclic amines) is 1. The summed E-state index contributed by atoms with van der Waals surface area (Å²) < 4.78 is 0. The number of amides is 2. The molecule has 1 atom stereocenters. The van der Waals surface area contributed by atoms with E-state index in [1.165, 1.54) is 11.3 Å². The summed E-state index contributed by atoms with van der Waals surface area (Å²) in [4.78, 5) is 31.6. The molecule has 1 saturated carbocycles. The van der Waals surface area contributed by atoms with Crippen LogP contribution in [0.1, 0.15) is 29.7 Å². The molecule has 1 saturated heterocycles. The second-order valence-corrected chi connectivity index (χ2v) is 8.09. The normalized spacial score (nSPS) is 20.1. The fourth-order valence-corrected chi connectivity index (χ4v) is 4.17. The Bertz CT molecular complexity index is 818. The zero-order valence-corrected chi connectivity index (χ0v) is 15.1. The summed E-state index contributed by atoms with van der Waals surface area (Å²) in [6.07, 6.45) is 4.89. The van der Waals surface area contributed by atoms with Gasteiger partial charge in [0.25, 0.3) is 0 Å².